The number of rotatable bonds is 5. The van der Waals surface area contributed by atoms with Crippen LogP contribution in [0.25, 0.3) is 17.3 Å². The Hall–Kier alpha value is -2.98. The summed E-state index contributed by atoms with van der Waals surface area (Å²) in [5, 5.41) is 3.47. The summed E-state index contributed by atoms with van der Waals surface area (Å²) < 4.78 is 0. The van der Waals surface area contributed by atoms with Crippen LogP contribution in [0.3, 0.4) is 0 Å². The van der Waals surface area contributed by atoms with E-state index in [9.17, 15) is 4.79 Å². The van der Waals surface area contributed by atoms with Gasteiger partial charge in [0, 0.05) is 41.8 Å². The van der Waals surface area contributed by atoms with Gasteiger partial charge in [0.2, 0.25) is 5.91 Å². The molecular weight excluding hydrogens is 334 g/mol. The molecule has 0 aliphatic carbocycles. The third-order valence-electron chi connectivity index (χ3n) is 3.59. The Bertz CT molecular complexity index is 894. The Morgan fingerprint density at radius 2 is 1.88 bits per heavy atom. The number of nitrogens with one attached hydrogen (secondary N) is 1. The lowest BCUT2D eigenvalue weighted by Crippen LogP contribution is -2.20. The molecule has 0 fully saturated rings. The summed E-state index contributed by atoms with van der Waals surface area (Å²) in [6, 6.07) is 15.0. The summed E-state index contributed by atoms with van der Waals surface area (Å²) >= 11 is 6.06. The molecule has 0 bridgehead atoms. The van der Waals surface area contributed by atoms with Crippen molar-refractivity contribution in [3.05, 3.63) is 89.3 Å². The van der Waals surface area contributed by atoms with Crippen LogP contribution in [0.1, 0.15) is 11.1 Å². The molecule has 5 heteroatoms. The molecule has 3 aromatic rings. The fraction of sp³-hybridized carbons (Fsp3) is 0.0500. The van der Waals surface area contributed by atoms with Crippen LogP contribution in [0.5, 0.6) is 0 Å². The number of nitrogens with zero attached hydrogens (tertiary/aromatic N) is 2. The molecule has 25 heavy (non-hydrogen) atoms. The summed E-state index contributed by atoms with van der Waals surface area (Å²) in [7, 11) is 0. The van der Waals surface area contributed by atoms with E-state index in [2.05, 4.69) is 15.3 Å². The largest absolute Gasteiger partial charge is 0.348 e. The molecule has 0 aliphatic heterocycles. The Balaban J connectivity index is 1.62. The van der Waals surface area contributed by atoms with E-state index >= 15 is 0 Å². The molecule has 2 aromatic heterocycles. The van der Waals surface area contributed by atoms with E-state index in [-0.39, 0.29) is 5.91 Å². The molecule has 0 atom stereocenters. The van der Waals surface area contributed by atoms with Gasteiger partial charge in [-0.3, -0.25) is 14.8 Å². The van der Waals surface area contributed by atoms with Crippen molar-refractivity contribution in [3.8, 4) is 11.3 Å². The van der Waals surface area contributed by atoms with Crippen molar-refractivity contribution in [2.75, 3.05) is 0 Å². The highest BCUT2D eigenvalue weighted by Gasteiger charge is 2.02. The van der Waals surface area contributed by atoms with E-state index in [0.717, 1.165) is 22.4 Å². The maximum absolute atomic E-state index is 12.0. The minimum Gasteiger partial charge on any atom is -0.348 e. The Labute approximate surface area is 151 Å². The standard InChI is InChI=1S/C20H16ClN3O/c21-18-4-2-1-3-16(18)5-6-20(25)24-14-15-7-12-23-19(13-15)17-8-10-22-11-9-17/h1-13H,14H2,(H,24,25). The van der Waals surface area contributed by atoms with Gasteiger partial charge < -0.3 is 5.32 Å². The smallest absolute Gasteiger partial charge is 0.244 e. The monoisotopic (exact) mass is 349 g/mol. The average molecular weight is 350 g/mol. The molecule has 0 saturated carbocycles. The zero-order valence-electron chi connectivity index (χ0n) is 13.4. The molecule has 3 rings (SSSR count). The van der Waals surface area contributed by atoms with E-state index in [1.165, 1.54) is 6.08 Å². The van der Waals surface area contributed by atoms with E-state index < -0.39 is 0 Å². The van der Waals surface area contributed by atoms with Crippen LogP contribution in [0, 0.1) is 0 Å². The van der Waals surface area contributed by atoms with E-state index in [4.69, 9.17) is 11.6 Å². The first-order chi connectivity index (χ1) is 12.2. The van der Waals surface area contributed by atoms with Crippen LogP contribution < -0.4 is 5.32 Å². The van der Waals surface area contributed by atoms with E-state index in [0.29, 0.717) is 11.6 Å². The number of hydrogen-bond acceptors (Lipinski definition) is 3. The van der Waals surface area contributed by atoms with Gasteiger partial charge in [0.15, 0.2) is 0 Å². The lowest BCUT2D eigenvalue weighted by Gasteiger charge is -2.05. The van der Waals surface area contributed by atoms with Crippen molar-refractivity contribution in [1.29, 1.82) is 0 Å². The number of amides is 1. The highest BCUT2D eigenvalue weighted by molar-refractivity contribution is 6.32. The predicted octanol–water partition coefficient (Wildman–Crippen LogP) is 4.13. The number of benzene rings is 1. The molecule has 1 amide bonds. The summed E-state index contributed by atoms with van der Waals surface area (Å²) in [4.78, 5) is 20.3. The van der Waals surface area contributed by atoms with Crippen molar-refractivity contribution < 1.29 is 4.79 Å². The first kappa shape index (κ1) is 16.9. The maximum Gasteiger partial charge on any atom is 0.244 e. The van der Waals surface area contributed by atoms with Crippen LogP contribution >= 0.6 is 11.6 Å². The van der Waals surface area contributed by atoms with Crippen molar-refractivity contribution in [2.24, 2.45) is 0 Å². The van der Waals surface area contributed by atoms with Crippen molar-refractivity contribution in [2.45, 2.75) is 6.54 Å². The van der Waals surface area contributed by atoms with Crippen LogP contribution in [0.15, 0.2) is 73.2 Å². The zero-order valence-corrected chi connectivity index (χ0v) is 14.1. The molecule has 2 heterocycles. The van der Waals surface area contributed by atoms with E-state index in [1.807, 2.05) is 42.5 Å². The third kappa shape index (κ3) is 4.75. The lowest BCUT2D eigenvalue weighted by atomic mass is 10.1. The number of halogens is 1. The number of carbonyl (C=O) groups is 1. The van der Waals surface area contributed by atoms with E-state index in [1.54, 1.807) is 30.7 Å². The number of hydrogen-bond donors (Lipinski definition) is 1. The second kappa shape index (κ2) is 8.22. The third-order valence-corrected chi connectivity index (χ3v) is 3.93. The molecule has 0 saturated heterocycles. The van der Waals surface area contributed by atoms with Gasteiger partial charge in [-0.2, -0.15) is 0 Å². The molecule has 1 aromatic carbocycles. The van der Waals surface area contributed by atoms with Crippen molar-refractivity contribution >= 4 is 23.6 Å². The molecule has 0 aliphatic rings. The van der Waals surface area contributed by atoms with Gasteiger partial charge in [-0.25, -0.2) is 0 Å². The van der Waals surface area contributed by atoms with Gasteiger partial charge in [0.1, 0.15) is 0 Å². The molecule has 0 spiro atoms. The van der Waals surface area contributed by atoms with Crippen LogP contribution in [0.2, 0.25) is 5.02 Å². The SMILES string of the molecule is O=C(C=Cc1ccccc1Cl)NCc1ccnc(-c2ccncc2)c1. The second-order valence-corrected chi connectivity index (χ2v) is 5.77. The highest BCUT2D eigenvalue weighted by atomic mass is 35.5. The Morgan fingerprint density at radius 3 is 2.68 bits per heavy atom. The van der Waals surface area contributed by atoms with Gasteiger partial charge in [-0.05, 0) is 47.5 Å². The molecule has 0 radical (unpaired) electrons. The van der Waals surface area contributed by atoms with Gasteiger partial charge >= 0.3 is 0 Å². The minimum atomic E-state index is -0.179. The van der Waals surface area contributed by atoms with Crippen molar-refractivity contribution in [1.82, 2.24) is 15.3 Å². The zero-order chi connectivity index (χ0) is 17.5. The molecule has 0 unspecified atom stereocenters. The van der Waals surface area contributed by atoms with Crippen molar-refractivity contribution in [3.63, 3.8) is 0 Å². The van der Waals surface area contributed by atoms with Crippen LogP contribution in [0.4, 0.5) is 0 Å². The predicted molar refractivity (Wildman–Crippen MR) is 99.8 cm³/mol. The summed E-state index contributed by atoms with van der Waals surface area (Å²) in [5.74, 6) is -0.179. The topological polar surface area (TPSA) is 54.9 Å². The number of pyridine rings is 2. The fourth-order valence-electron chi connectivity index (χ4n) is 2.29. The first-order valence-corrected chi connectivity index (χ1v) is 8.16. The fourth-order valence-corrected chi connectivity index (χ4v) is 2.49. The molecule has 1 N–H and O–H groups in total. The molecule has 124 valence electrons. The van der Waals surface area contributed by atoms with Gasteiger partial charge in [-0.1, -0.05) is 29.8 Å². The summed E-state index contributed by atoms with van der Waals surface area (Å²) in [6.45, 7) is 0.423. The van der Waals surface area contributed by atoms with Gasteiger partial charge in [-0.15, -0.1) is 0 Å². The Kier molecular flexibility index (Phi) is 5.54. The average Bonchev–Trinajstić information content (AvgIpc) is 2.67. The molecule has 4 nitrogen and oxygen atoms in total. The number of aromatic nitrogens is 2. The normalized spacial score (nSPS) is 10.8. The summed E-state index contributed by atoms with van der Waals surface area (Å²) in [5.41, 5.74) is 3.62. The summed E-state index contributed by atoms with van der Waals surface area (Å²) in [6.07, 6.45) is 8.37. The van der Waals surface area contributed by atoms with Crippen LogP contribution in [-0.4, -0.2) is 15.9 Å². The lowest BCUT2D eigenvalue weighted by molar-refractivity contribution is -0.116. The van der Waals surface area contributed by atoms with Gasteiger partial charge in [0.05, 0.1) is 5.69 Å². The highest BCUT2D eigenvalue weighted by Crippen LogP contribution is 2.17. The minimum absolute atomic E-state index is 0.179. The second-order valence-electron chi connectivity index (χ2n) is 5.36. The molecular formula is C20H16ClN3O. The maximum atomic E-state index is 12.0. The van der Waals surface area contributed by atoms with Crippen LogP contribution in [-0.2, 0) is 11.3 Å². The Morgan fingerprint density at radius 1 is 1.08 bits per heavy atom. The quantitative estimate of drug-likeness (QED) is 0.705. The number of carbonyl (C=O) groups excluding carboxylic acids is 1. The van der Waals surface area contributed by atoms with Gasteiger partial charge in [0.25, 0.3) is 0 Å². The first-order valence-electron chi connectivity index (χ1n) is 7.78.